The molecule has 2 fully saturated rings. The average molecular weight is 196 g/mol. The summed E-state index contributed by atoms with van der Waals surface area (Å²) < 4.78 is 0. The molecule has 0 heterocycles. The van der Waals surface area contributed by atoms with Gasteiger partial charge < -0.3 is 5.11 Å². The Hall–Kier alpha value is -0.0400. The molecule has 3 atom stereocenters. The first-order chi connectivity index (χ1) is 6.88. The Kier molecular flexibility index (Phi) is 3.86. The Morgan fingerprint density at radius 3 is 2.00 bits per heavy atom. The maximum absolute atomic E-state index is 9.90. The smallest absolute Gasteiger partial charge is 0.0571 e. The van der Waals surface area contributed by atoms with Gasteiger partial charge in [0.05, 0.1) is 6.10 Å². The van der Waals surface area contributed by atoms with Crippen LogP contribution in [0.25, 0.3) is 0 Å². The molecule has 82 valence electrons. The van der Waals surface area contributed by atoms with Gasteiger partial charge in [-0.25, -0.2) is 0 Å². The fourth-order valence-electron chi connectivity index (χ4n) is 2.93. The van der Waals surface area contributed by atoms with E-state index < -0.39 is 0 Å². The zero-order chi connectivity index (χ0) is 9.80. The van der Waals surface area contributed by atoms with Gasteiger partial charge in [-0.05, 0) is 24.7 Å². The molecule has 0 aromatic heterocycles. The molecule has 0 spiro atoms. The van der Waals surface area contributed by atoms with E-state index in [-0.39, 0.29) is 6.10 Å². The minimum atomic E-state index is 0.0411. The van der Waals surface area contributed by atoms with Crippen LogP contribution in [-0.4, -0.2) is 11.2 Å². The summed E-state index contributed by atoms with van der Waals surface area (Å²) in [5, 5.41) is 9.90. The minimum absolute atomic E-state index is 0.0411. The van der Waals surface area contributed by atoms with Gasteiger partial charge in [-0.1, -0.05) is 51.4 Å². The summed E-state index contributed by atoms with van der Waals surface area (Å²) in [5.41, 5.74) is 0. The molecule has 0 aromatic carbocycles. The molecule has 0 saturated heterocycles. The summed E-state index contributed by atoms with van der Waals surface area (Å²) in [4.78, 5) is 0. The first-order valence-electron chi connectivity index (χ1n) is 6.56. The van der Waals surface area contributed by atoms with Crippen molar-refractivity contribution in [3.8, 4) is 0 Å². The van der Waals surface area contributed by atoms with Crippen LogP contribution < -0.4 is 0 Å². The maximum atomic E-state index is 9.90. The van der Waals surface area contributed by atoms with Crippen LogP contribution in [0.3, 0.4) is 0 Å². The van der Waals surface area contributed by atoms with Gasteiger partial charge in [0.2, 0.25) is 0 Å². The lowest BCUT2D eigenvalue weighted by Gasteiger charge is -2.11. The van der Waals surface area contributed by atoms with Crippen molar-refractivity contribution in [2.75, 3.05) is 0 Å². The van der Waals surface area contributed by atoms with E-state index in [0.29, 0.717) is 5.92 Å². The molecule has 14 heavy (non-hydrogen) atoms. The maximum Gasteiger partial charge on any atom is 0.0571 e. The third-order valence-electron chi connectivity index (χ3n) is 4.05. The van der Waals surface area contributed by atoms with Crippen LogP contribution in [0, 0.1) is 11.8 Å². The fraction of sp³-hybridized carbons (Fsp3) is 1.00. The van der Waals surface area contributed by atoms with E-state index in [1.54, 1.807) is 0 Å². The van der Waals surface area contributed by atoms with Crippen LogP contribution in [0.15, 0.2) is 0 Å². The van der Waals surface area contributed by atoms with Crippen molar-refractivity contribution in [1.29, 1.82) is 0 Å². The van der Waals surface area contributed by atoms with Crippen LogP contribution in [0.1, 0.15) is 64.2 Å². The molecule has 0 unspecified atom stereocenters. The van der Waals surface area contributed by atoms with Gasteiger partial charge in [-0.2, -0.15) is 0 Å². The van der Waals surface area contributed by atoms with Crippen LogP contribution in [0.4, 0.5) is 0 Å². The van der Waals surface area contributed by atoms with Crippen molar-refractivity contribution in [2.24, 2.45) is 11.8 Å². The number of hydrogen-bond donors (Lipinski definition) is 1. The van der Waals surface area contributed by atoms with E-state index in [2.05, 4.69) is 0 Å². The molecule has 1 N–H and O–H groups in total. The van der Waals surface area contributed by atoms with E-state index >= 15 is 0 Å². The Bertz CT molecular complexity index is 167. The standard InChI is InChI=1S/C13H24O/c14-13-9-7-5-3-1-2-4-6-8-11-10-12(11)13/h11-14H,1-10H2/t11-,12+,13-/m0/s1. The molecular formula is C13H24O. The third-order valence-corrected chi connectivity index (χ3v) is 4.05. The zero-order valence-corrected chi connectivity index (χ0v) is 9.25. The second-order valence-electron chi connectivity index (χ2n) is 5.28. The van der Waals surface area contributed by atoms with Gasteiger partial charge in [-0.15, -0.1) is 0 Å². The molecule has 2 saturated carbocycles. The van der Waals surface area contributed by atoms with E-state index in [1.165, 1.54) is 57.8 Å². The van der Waals surface area contributed by atoms with E-state index in [4.69, 9.17) is 0 Å². The third kappa shape index (κ3) is 2.98. The second-order valence-corrected chi connectivity index (χ2v) is 5.28. The molecule has 0 bridgehead atoms. The van der Waals surface area contributed by atoms with Gasteiger partial charge in [0.25, 0.3) is 0 Å². The summed E-state index contributed by atoms with van der Waals surface area (Å²) >= 11 is 0. The highest BCUT2D eigenvalue weighted by atomic mass is 16.3. The normalized spacial score (nSPS) is 40.5. The number of aliphatic hydroxyl groups excluding tert-OH is 1. The molecule has 2 aliphatic rings. The number of rotatable bonds is 0. The lowest BCUT2D eigenvalue weighted by molar-refractivity contribution is 0.130. The molecular weight excluding hydrogens is 172 g/mol. The van der Waals surface area contributed by atoms with Gasteiger partial charge in [-0.3, -0.25) is 0 Å². The largest absolute Gasteiger partial charge is 0.393 e. The van der Waals surface area contributed by atoms with Crippen molar-refractivity contribution < 1.29 is 5.11 Å². The monoisotopic (exact) mass is 196 g/mol. The molecule has 0 radical (unpaired) electrons. The fourth-order valence-corrected chi connectivity index (χ4v) is 2.93. The van der Waals surface area contributed by atoms with Crippen molar-refractivity contribution in [2.45, 2.75) is 70.3 Å². The predicted molar refractivity (Wildman–Crippen MR) is 59.2 cm³/mol. The molecule has 0 aliphatic heterocycles. The number of aliphatic hydroxyl groups is 1. The van der Waals surface area contributed by atoms with Crippen molar-refractivity contribution >= 4 is 0 Å². The van der Waals surface area contributed by atoms with Crippen molar-refractivity contribution in [3.63, 3.8) is 0 Å². The highest BCUT2D eigenvalue weighted by molar-refractivity contribution is 4.91. The van der Waals surface area contributed by atoms with Crippen molar-refractivity contribution in [1.82, 2.24) is 0 Å². The first-order valence-corrected chi connectivity index (χ1v) is 6.56. The Labute approximate surface area is 87.9 Å². The molecule has 2 aliphatic carbocycles. The van der Waals surface area contributed by atoms with Crippen LogP contribution in [0.2, 0.25) is 0 Å². The summed E-state index contributed by atoms with van der Waals surface area (Å²) in [6, 6.07) is 0. The topological polar surface area (TPSA) is 20.2 Å². The lowest BCUT2D eigenvalue weighted by atomic mass is 10.00. The Morgan fingerprint density at radius 2 is 1.29 bits per heavy atom. The Morgan fingerprint density at radius 1 is 0.714 bits per heavy atom. The zero-order valence-electron chi connectivity index (χ0n) is 9.25. The minimum Gasteiger partial charge on any atom is -0.393 e. The van der Waals surface area contributed by atoms with Gasteiger partial charge in [0, 0.05) is 0 Å². The van der Waals surface area contributed by atoms with E-state index in [9.17, 15) is 5.11 Å². The van der Waals surface area contributed by atoms with Gasteiger partial charge in [0.1, 0.15) is 0 Å². The number of fused-ring (bicyclic) bond motifs is 1. The van der Waals surface area contributed by atoms with Crippen LogP contribution in [-0.2, 0) is 0 Å². The van der Waals surface area contributed by atoms with Gasteiger partial charge >= 0.3 is 0 Å². The summed E-state index contributed by atoms with van der Waals surface area (Å²) in [6.07, 6.45) is 13.5. The van der Waals surface area contributed by atoms with Crippen LogP contribution in [0.5, 0.6) is 0 Å². The highest BCUT2D eigenvalue weighted by Crippen LogP contribution is 2.46. The summed E-state index contributed by atoms with van der Waals surface area (Å²) in [6.45, 7) is 0. The molecule has 0 aromatic rings. The predicted octanol–water partition coefficient (Wildman–Crippen LogP) is 3.51. The second kappa shape index (κ2) is 5.16. The van der Waals surface area contributed by atoms with E-state index in [1.807, 2.05) is 0 Å². The molecule has 2 rings (SSSR count). The molecule has 0 amide bonds. The highest BCUT2D eigenvalue weighted by Gasteiger charge is 2.40. The SMILES string of the molecule is O[C@H]1CCCCCCCCC[C@H]2C[C@H]21. The van der Waals surface area contributed by atoms with Crippen molar-refractivity contribution in [3.05, 3.63) is 0 Å². The van der Waals surface area contributed by atoms with Crippen LogP contribution >= 0.6 is 0 Å². The summed E-state index contributed by atoms with van der Waals surface area (Å²) in [5.74, 6) is 1.58. The molecule has 1 heteroatoms. The quantitative estimate of drug-likeness (QED) is 0.628. The Balaban J connectivity index is 1.74. The number of hydrogen-bond acceptors (Lipinski definition) is 1. The molecule has 1 nitrogen and oxygen atoms in total. The first kappa shape index (κ1) is 10.5. The average Bonchev–Trinajstić information content (AvgIpc) is 2.92. The lowest BCUT2D eigenvalue weighted by Crippen LogP contribution is -2.10. The summed E-state index contributed by atoms with van der Waals surface area (Å²) in [7, 11) is 0. The van der Waals surface area contributed by atoms with Gasteiger partial charge in [0.15, 0.2) is 0 Å². The van der Waals surface area contributed by atoms with E-state index in [0.717, 1.165) is 12.3 Å².